The fourth-order valence-corrected chi connectivity index (χ4v) is 2.89. The first-order valence-electron chi connectivity index (χ1n) is 7.86. The maximum Gasteiger partial charge on any atom is 0.259 e. The van der Waals surface area contributed by atoms with Crippen molar-refractivity contribution in [1.82, 2.24) is 4.72 Å². The van der Waals surface area contributed by atoms with Gasteiger partial charge < -0.3 is 0 Å². The summed E-state index contributed by atoms with van der Waals surface area (Å²) in [4.78, 5) is 12.0. The molecule has 0 atom stereocenters. The lowest BCUT2D eigenvalue weighted by atomic mass is 9.87. The summed E-state index contributed by atoms with van der Waals surface area (Å²) in [6.07, 6.45) is -0.117. The molecule has 0 bridgehead atoms. The summed E-state index contributed by atoms with van der Waals surface area (Å²) in [6, 6.07) is 2.82. The Labute approximate surface area is 150 Å². The molecule has 25 heavy (non-hydrogen) atoms. The SMILES string of the molecule is C=C(C)S(=O)(=O)NC(=O)Cc1c(C(C)C)cc(F)cc1C(C)C.CF.[HH]. The lowest BCUT2D eigenvalue weighted by molar-refractivity contribution is -0.118. The van der Waals surface area contributed by atoms with Gasteiger partial charge >= 0.3 is 0 Å². The zero-order valence-corrected chi connectivity index (χ0v) is 16.4. The number of sulfonamides is 1. The number of rotatable bonds is 6. The molecule has 4 nitrogen and oxygen atoms in total. The minimum Gasteiger partial charge on any atom is -0.274 e. The first kappa shape index (κ1) is 23.2. The second kappa shape index (κ2) is 9.65. The molecule has 0 aliphatic rings. The molecule has 1 amide bonds. The third kappa shape index (κ3) is 6.57. The number of carbonyl (C=O) groups excluding carboxylic acids is 1. The number of hydrogen-bond acceptors (Lipinski definition) is 3. The molecule has 0 fully saturated rings. The molecule has 144 valence electrons. The monoisotopic (exact) mass is 377 g/mol. The zero-order valence-electron chi connectivity index (χ0n) is 15.6. The van der Waals surface area contributed by atoms with Gasteiger partial charge in [0.05, 0.1) is 18.5 Å². The highest BCUT2D eigenvalue weighted by molar-refractivity contribution is 7.93. The van der Waals surface area contributed by atoms with Gasteiger partial charge in [0.15, 0.2) is 0 Å². The first-order chi connectivity index (χ1) is 11.5. The molecule has 0 unspecified atom stereocenters. The molecule has 0 spiro atoms. The highest BCUT2D eigenvalue weighted by atomic mass is 32.2. The summed E-state index contributed by atoms with van der Waals surface area (Å²) in [5.74, 6) is -0.966. The number of hydrogen-bond donors (Lipinski definition) is 1. The second-order valence-corrected chi connectivity index (χ2v) is 8.19. The van der Waals surface area contributed by atoms with Crippen molar-refractivity contribution in [3.05, 3.63) is 46.1 Å². The smallest absolute Gasteiger partial charge is 0.259 e. The van der Waals surface area contributed by atoms with Crippen LogP contribution in [0.1, 0.15) is 64.6 Å². The van der Waals surface area contributed by atoms with E-state index in [9.17, 15) is 22.0 Å². The Morgan fingerprint density at radius 2 is 1.56 bits per heavy atom. The van der Waals surface area contributed by atoms with Crippen molar-refractivity contribution >= 4 is 15.9 Å². The number of amides is 1. The summed E-state index contributed by atoms with van der Waals surface area (Å²) in [5, 5.41) is 0. The van der Waals surface area contributed by atoms with Crippen molar-refractivity contribution in [2.24, 2.45) is 0 Å². The lowest BCUT2D eigenvalue weighted by Crippen LogP contribution is -2.32. The predicted octanol–water partition coefficient (Wildman–Crippen LogP) is 4.43. The molecule has 0 saturated carbocycles. The van der Waals surface area contributed by atoms with Gasteiger partial charge in [-0.05, 0) is 47.6 Å². The molecular formula is C18H29F2NO3S. The normalized spacial score (nSPS) is 11.1. The van der Waals surface area contributed by atoms with Crippen LogP contribution in [0.15, 0.2) is 23.6 Å². The van der Waals surface area contributed by atoms with E-state index in [1.54, 1.807) is 0 Å². The van der Waals surface area contributed by atoms with E-state index in [4.69, 9.17) is 0 Å². The average Bonchev–Trinajstić information content (AvgIpc) is 2.49. The minimum absolute atomic E-state index is 0. The Balaban J connectivity index is 0. The number of alkyl halides is 1. The molecule has 0 saturated heterocycles. The van der Waals surface area contributed by atoms with Crippen LogP contribution >= 0.6 is 0 Å². The van der Waals surface area contributed by atoms with Crippen LogP contribution in [0.4, 0.5) is 8.78 Å². The standard InChI is InChI=1S/C17H24FNO3S.CH3F.H2/c1-10(2)14-7-13(18)8-15(11(3)4)16(14)9-17(20)19-23(21,22)12(5)6;1-2;/h7-8,10-11H,5,9H2,1-4,6H3,(H,19,20);1H3;1H. The van der Waals surface area contributed by atoms with Gasteiger partial charge in [-0.25, -0.2) is 17.5 Å². The third-order valence-corrected chi connectivity index (χ3v) is 4.99. The maximum atomic E-state index is 13.8. The Hall–Kier alpha value is -1.76. The van der Waals surface area contributed by atoms with Crippen LogP contribution in [0.2, 0.25) is 0 Å². The fraction of sp³-hybridized carbons (Fsp3) is 0.500. The summed E-state index contributed by atoms with van der Waals surface area (Å²) in [5.41, 5.74) is 2.12. The van der Waals surface area contributed by atoms with Crippen LogP contribution in [0.3, 0.4) is 0 Å². The van der Waals surface area contributed by atoms with Crippen molar-refractivity contribution in [1.29, 1.82) is 0 Å². The Morgan fingerprint density at radius 3 is 1.88 bits per heavy atom. The van der Waals surface area contributed by atoms with Crippen molar-refractivity contribution < 1.29 is 23.4 Å². The molecule has 7 heteroatoms. The molecule has 0 aliphatic heterocycles. The van der Waals surface area contributed by atoms with E-state index in [-0.39, 0.29) is 30.4 Å². The van der Waals surface area contributed by atoms with Crippen LogP contribution in [-0.2, 0) is 21.2 Å². The van der Waals surface area contributed by atoms with E-state index in [1.165, 1.54) is 19.1 Å². The van der Waals surface area contributed by atoms with Crippen molar-refractivity contribution in [3.63, 3.8) is 0 Å². The number of halogens is 2. The zero-order chi connectivity index (χ0) is 19.9. The first-order valence-corrected chi connectivity index (χ1v) is 9.35. The molecule has 1 rings (SSSR count). The van der Waals surface area contributed by atoms with E-state index < -0.39 is 15.9 Å². The highest BCUT2D eigenvalue weighted by Crippen LogP contribution is 2.29. The topological polar surface area (TPSA) is 63.2 Å². The Bertz CT molecular complexity index is 703. The van der Waals surface area contributed by atoms with Crippen LogP contribution in [0.5, 0.6) is 0 Å². The molecule has 1 aromatic carbocycles. The second-order valence-electron chi connectivity index (χ2n) is 6.28. The fourth-order valence-electron chi connectivity index (χ4n) is 2.35. The van der Waals surface area contributed by atoms with E-state index >= 15 is 0 Å². The van der Waals surface area contributed by atoms with E-state index in [2.05, 4.69) is 6.58 Å². The minimum atomic E-state index is -3.86. The average molecular weight is 377 g/mol. The van der Waals surface area contributed by atoms with Gasteiger partial charge in [0.1, 0.15) is 5.82 Å². The molecule has 0 radical (unpaired) electrons. The number of carbonyl (C=O) groups is 1. The maximum absolute atomic E-state index is 13.8. The van der Waals surface area contributed by atoms with Gasteiger partial charge in [0, 0.05) is 1.43 Å². The van der Waals surface area contributed by atoms with Gasteiger partial charge in [-0.3, -0.25) is 9.18 Å². The van der Waals surface area contributed by atoms with Crippen LogP contribution < -0.4 is 4.72 Å². The van der Waals surface area contributed by atoms with Gasteiger partial charge in [0.25, 0.3) is 10.0 Å². The number of allylic oxidation sites excluding steroid dienone is 1. The van der Waals surface area contributed by atoms with Gasteiger partial charge in [-0.15, -0.1) is 0 Å². The molecule has 0 aliphatic carbocycles. The molecular weight excluding hydrogens is 348 g/mol. The largest absolute Gasteiger partial charge is 0.274 e. The van der Waals surface area contributed by atoms with Crippen LogP contribution in [-0.4, -0.2) is 21.5 Å². The summed E-state index contributed by atoms with van der Waals surface area (Å²) < 4.78 is 48.8. The van der Waals surface area contributed by atoms with Crippen molar-refractivity contribution in [3.8, 4) is 0 Å². The van der Waals surface area contributed by atoms with Gasteiger partial charge in [0.2, 0.25) is 5.91 Å². The highest BCUT2D eigenvalue weighted by Gasteiger charge is 2.21. The van der Waals surface area contributed by atoms with E-state index in [0.717, 1.165) is 11.1 Å². The lowest BCUT2D eigenvalue weighted by Gasteiger charge is -2.20. The summed E-state index contributed by atoms with van der Waals surface area (Å²) in [6.45, 7) is 12.3. The van der Waals surface area contributed by atoms with Crippen molar-refractivity contribution in [2.75, 3.05) is 7.18 Å². The summed E-state index contributed by atoms with van der Waals surface area (Å²) >= 11 is 0. The van der Waals surface area contributed by atoms with Gasteiger partial charge in [-0.2, -0.15) is 0 Å². The number of nitrogens with one attached hydrogen (secondary N) is 1. The quantitative estimate of drug-likeness (QED) is 0.798. The van der Waals surface area contributed by atoms with Crippen molar-refractivity contribution in [2.45, 2.75) is 52.9 Å². The predicted molar refractivity (Wildman–Crippen MR) is 99.3 cm³/mol. The van der Waals surface area contributed by atoms with Gasteiger partial charge in [-0.1, -0.05) is 34.3 Å². The molecule has 0 aromatic heterocycles. The molecule has 1 aromatic rings. The van der Waals surface area contributed by atoms with Crippen LogP contribution in [0.25, 0.3) is 0 Å². The Kier molecular flexibility index (Phi) is 8.97. The van der Waals surface area contributed by atoms with E-state index in [1.807, 2.05) is 32.4 Å². The summed E-state index contributed by atoms with van der Waals surface area (Å²) in [7, 11) is -3.36. The van der Waals surface area contributed by atoms with E-state index in [0.29, 0.717) is 12.7 Å². The number of benzene rings is 1. The third-order valence-electron chi connectivity index (χ3n) is 3.57. The van der Waals surface area contributed by atoms with Crippen LogP contribution in [0, 0.1) is 5.82 Å². The Morgan fingerprint density at radius 1 is 1.16 bits per heavy atom. The molecule has 0 heterocycles. The molecule has 1 N–H and O–H groups in total.